The molecular formula is C18H30N2O. The van der Waals surface area contributed by atoms with Gasteiger partial charge in [-0.05, 0) is 32.4 Å². The number of likely N-dealkylation sites (N-methyl/N-ethyl adjacent to an activating group) is 1. The van der Waals surface area contributed by atoms with E-state index in [4.69, 9.17) is 4.74 Å². The van der Waals surface area contributed by atoms with Crippen LogP contribution in [0.3, 0.4) is 0 Å². The third-order valence-electron chi connectivity index (χ3n) is 4.36. The van der Waals surface area contributed by atoms with Gasteiger partial charge >= 0.3 is 0 Å². The van der Waals surface area contributed by atoms with Crippen molar-refractivity contribution in [3.05, 3.63) is 35.9 Å². The maximum absolute atomic E-state index is 5.90. The summed E-state index contributed by atoms with van der Waals surface area (Å²) in [5.41, 5.74) is 1.37. The number of benzene rings is 1. The van der Waals surface area contributed by atoms with Crippen molar-refractivity contribution in [2.45, 2.75) is 52.0 Å². The van der Waals surface area contributed by atoms with E-state index in [1.54, 1.807) is 0 Å². The molecule has 4 atom stereocenters. The molecule has 0 radical (unpaired) electrons. The smallest absolute Gasteiger partial charge is 0.0678 e. The average Bonchev–Trinajstić information content (AvgIpc) is 2.43. The fraction of sp³-hybridized carbons (Fsp3) is 0.667. The van der Waals surface area contributed by atoms with Crippen LogP contribution in [0.1, 0.15) is 39.3 Å². The summed E-state index contributed by atoms with van der Waals surface area (Å²) < 4.78 is 5.90. The molecule has 1 N–H and O–H groups in total. The Morgan fingerprint density at radius 3 is 2.14 bits per heavy atom. The second-order valence-electron chi connectivity index (χ2n) is 6.62. The van der Waals surface area contributed by atoms with Crippen LogP contribution in [0.25, 0.3) is 0 Å². The molecule has 0 bridgehead atoms. The highest BCUT2D eigenvalue weighted by atomic mass is 16.5. The van der Waals surface area contributed by atoms with Gasteiger partial charge in [0.15, 0.2) is 0 Å². The minimum Gasteiger partial charge on any atom is -0.373 e. The van der Waals surface area contributed by atoms with E-state index < -0.39 is 0 Å². The highest BCUT2D eigenvalue weighted by Crippen LogP contribution is 2.28. The van der Waals surface area contributed by atoms with Gasteiger partial charge in [0.2, 0.25) is 0 Å². The number of morpholine rings is 1. The van der Waals surface area contributed by atoms with Crippen LogP contribution in [-0.2, 0) is 4.74 Å². The molecule has 1 aromatic rings. The Morgan fingerprint density at radius 1 is 1.10 bits per heavy atom. The molecule has 1 aliphatic heterocycles. The lowest BCUT2D eigenvalue weighted by molar-refractivity contribution is -0.0901. The zero-order valence-corrected chi connectivity index (χ0v) is 14.0. The van der Waals surface area contributed by atoms with E-state index >= 15 is 0 Å². The fourth-order valence-corrected chi connectivity index (χ4v) is 3.67. The van der Waals surface area contributed by atoms with Gasteiger partial charge in [-0.1, -0.05) is 44.2 Å². The topological polar surface area (TPSA) is 24.5 Å². The minimum absolute atomic E-state index is 0.309. The molecule has 3 nitrogen and oxygen atoms in total. The van der Waals surface area contributed by atoms with Crippen molar-refractivity contribution in [1.82, 2.24) is 10.2 Å². The SMILES string of the molecule is CNC(c1ccccc1)C(C(C)C)N1CC(C)OC(C)C1. The van der Waals surface area contributed by atoms with Gasteiger partial charge in [0.05, 0.1) is 12.2 Å². The van der Waals surface area contributed by atoms with E-state index in [1.165, 1.54) is 5.56 Å². The van der Waals surface area contributed by atoms with Crippen molar-refractivity contribution in [1.29, 1.82) is 0 Å². The summed E-state index contributed by atoms with van der Waals surface area (Å²) in [7, 11) is 2.07. The normalized spacial score (nSPS) is 26.8. The summed E-state index contributed by atoms with van der Waals surface area (Å²) in [6.45, 7) is 11.0. The van der Waals surface area contributed by atoms with E-state index in [0.29, 0.717) is 30.2 Å². The highest BCUT2D eigenvalue weighted by molar-refractivity contribution is 5.21. The molecule has 0 saturated carbocycles. The summed E-state index contributed by atoms with van der Waals surface area (Å²) in [5.74, 6) is 0.583. The molecule has 0 amide bonds. The Balaban J connectivity index is 2.24. The number of nitrogens with one attached hydrogen (secondary N) is 1. The van der Waals surface area contributed by atoms with Crippen molar-refractivity contribution in [3.8, 4) is 0 Å². The predicted octanol–water partition coefficient (Wildman–Crippen LogP) is 3.08. The molecule has 2 rings (SSSR count). The van der Waals surface area contributed by atoms with Crippen molar-refractivity contribution >= 4 is 0 Å². The Labute approximate surface area is 129 Å². The molecule has 1 heterocycles. The zero-order chi connectivity index (χ0) is 15.4. The lowest BCUT2D eigenvalue weighted by Gasteiger charge is -2.45. The first kappa shape index (κ1) is 16.5. The molecular weight excluding hydrogens is 260 g/mol. The Kier molecular flexibility index (Phi) is 5.80. The molecule has 0 spiro atoms. The fourth-order valence-electron chi connectivity index (χ4n) is 3.67. The minimum atomic E-state index is 0.309. The standard InChI is InChI=1S/C18H30N2O/c1-13(2)18(20-11-14(3)21-15(4)12-20)17(19-5)16-9-7-6-8-10-16/h6-10,13-15,17-19H,11-12H2,1-5H3. The number of ether oxygens (including phenoxy) is 1. The molecule has 1 aliphatic rings. The first-order chi connectivity index (χ1) is 10.0. The zero-order valence-electron chi connectivity index (χ0n) is 14.0. The molecule has 4 unspecified atom stereocenters. The van der Waals surface area contributed by atoms with Gasteiger partial charge < -0.3 is 10.1 Å². The molecule has 118 valence electrons. The maximum atomic E-state index is 5.90. The van der Waals surface area contributed by atoms with Crippen LogP contribution in [-0.4, -0.2) is 43.3 Å². The first-order valence-electron chi connectivity index (χ1n) is 8.14. The number of nitrogens with zero attached hydrogens (tertiary/aromatic N) is 1. The molecule has 1 fully saturated rings. The van der Waals surface area contributed by atoms with E-state index in [-0.39, 0.29) is 0 Å². The Bertz CT molecular complexity index is 410. The van der Waals surface area contributed by atoms with E-state index in [9.17, 15) is 0 Å². The molecule has 21 heavy (non-hydrogen) atoms. The molecule has 0 aliphatic carbocycles. The summed E-state index contributed by atoms with van der Waals surface area (Å²) in [4.78, 5) is 2.61. The average molecular weight is 290 g/mol. The van der Waals surface area contributed by atoms with Gasteiger partial charge in [0.25, 0.3) is 0 Å². The Morgan fingerprint density at radius 2 is 1.67 bits per heavy atom. The van der Waals surface area contributed by atoms with Crippen LogP contribution in [0.4, 0.5) is 0 Å². The summed E-state index contributed by atoms with van der Waals surface area (Å²) in [6, 6.07) is 11.6. The van der Waals surface area contributed by atoms with Gasteiger partial charge in [-0.25, -0.2) is 0 Å². The van der Waals surface area contributed by atoms with E-state index in [2.05, 4.69) is 75.3 Å². The highest BCUT2D eigenvalue weighted by Gasteiger charge is 2.34. The number of hydrogen-bond donors (Lipinski definition) is 1. The number of hydrogen-bond acceptors (Lipinski definition) is 3. The maximum Gasteiger partial charge on any atom is 0.0678 e. The van der Waals surface area contributed by atoms with Crippen LogP contribution in [0.5, 0.6) is 0 Å². The third kappa shape index (κ3) is 4.06. The molecule has 1 aromatic carbocycles. The quantitative estimate of drug-likeness (QED) is 0.902. The lowest BCUT2D eigenvalue weighted by atomic mass is 9.89. The van der Waals surface area contributed by atoms with Crippen LogP contribution < -0.4 is 5.32 Å². The largest absolute Gasteiger partial charge is 0.373 e. The third-order valence-corrected chi connectivity index (χ3v) is 4.36. The molecule has 3 heteroatoms. The van der Waals surface area contributed by atoms with Crippen LogP contribution in [0.2, 0.25) is 0 Å². The molecule has 0 aromatic heterocycles. The van der Waals surface area contributed by atoms with Crippen LogP contribution in [0, 0.1) is 5.92 Å². The summed E-state index contributed by atoms with van der Waals surface area (Å²) >= 11 is 0. The van der Waals surface area contributed by atoms with Crippen molar-refractivity contribution in [3.63, 3.8) is 0 Å². The molecule has 1 saturated heterocycles. The first-order valence-corrected chi connectivity index (χ1v) is 8.14. The van der Waals surface area contributed by atoms with Gasteiger partial charge in [-0.15, -0.1) is 0 Å². The second kappa shape index (κ2) is 7.39. The van der Waals surface area contributed by atoms with Crippen LogP contribution >= 0.6 is 0 Å². The Hall–Kier alpha value is -0.900. The second-order valence-corrected chi connectivity index (χ2v) is 6.62. The van der Waals surface area contributed by atoms with Gasteiger partial charge in [-0.2, -0.15) is 0 Å². The van der Waals surface area contributed by atoms with Gasteiger partial charge in [0, 0.05) is 25.2 Å². The summed E-state index contributed by atoms with van der Waals surface area (Å²) in [6.07, 6.45) is 0.617. The van der Waals surface area contributed by atoms with Crippen molar-refractivity contribution in [2.75, 3.05) is 20.1 Å². The van der Waals surface area contributed by atoms with Gasteiger partial charge in [0.1, 0.15) is 0 Å². The predicted molar refractivity (Wildman–Crippen MR) is 88.5 cm³/mol. The van der Waals surface area contributed by atoms with Crippen molar-refractivity contribution < 1.29 is 4.74 Å². The monoisotopic (exact) mass is 290 g/mol. The van der Waals surface area contributed by atoms with E-state index in [0.717, 1.165) is 13.1 Å². The van der Waals surface area contributed by atoms with Crippen LogP contribution in [0.15, 0.2) is 30.3 Å². The van der Waals surface area contributed by atoms with Crippen molar-refractivity contribution in [2.24, 2.45) is 5.92 Å². The summed E-state index contributed by atoms with van der Waals surface area (Å²) in [5, 5.41) is 3.54. The van der Waals surface area contributed by atoms with E-state index in [1.807, 2.05) is 0 Å². The number of rotatable bonds is 5. The van der Waals surface area contributed by atoms with Gasteiger partial charge in [-0.3, -0.25) is 4.90 Å². The lowest BCUT2D eigenvalue weighted by Crippen LogP contribution is -2.55.